The van der Waals surface area contributed by atoms with Crippen molar-refractivity contribution in [2.24, 2.45) is 5.92 Å². The maximum Gasteiger partial charge on any atom is 0.573 e. The summed E-state index contributed by atoms with van der Waals surface area (Å²) in [5.74, 6) is -4.39. The molecule has 140 valence electrons. The molecule has 0 aliphatic heterocycles. The highest BCUT2D eigenvalue weighted by molar-refractivity contribution is 5.77. The molecule has 0 spiro atoms. The molecule has 0 bridgehead atoms. The second-order valence-corrected chi connectivity index (χ2v) is 6.21. The zero-order valence-electron chi connectivity index (χ0n) is 13.3. The van der Waals surface area contributed by atoms with Crippen molar-refractivity contribution in [2.75, 3.05) is 0 Å². The monoisotopic (exact) mass is 367 g/mol. The third kappa shape index (κ3) is 5.84. The highest BCUT2D eigenvalue weighted by atomic mass is 19.4. The molecule has 1 saturated carbocycles. The van der Waals surface area contributed by atoms with Crippen LogP contribution in [0.4, 0.5) is 22.0 Å². The first-order chi connectivity index (χ1) is 11.5. The number of rotatable bonds is 6. The smallest absolute Gasteiger partial charge is 0.406 e. The number of carbonyl (C=O) groups is 1. The molecule has 0 unspecified atom stereocenters. The van der Waals surface area contributed by atoms with Crippen molar-refractivity contribution in [1.82, 2.24) is 5.32 Å². The minimum absolute atomic E-state index is 0.343. The van der Waals surface area contributed by atoms with Crippen LogP contribution in [0.2, 0.25) is 0 Å². The lowest BCUT2D eigenvalue weighted by Gasteiger charge is -2.37. The van der Waals surface area contributed by atoms with Crippen LogP contribution in [0.25, 0.3) is 0 Å². The van der Waals surface area contributed by atoms with Crippen molar-refractivity contribution in [1.29, 1.82) is 0 Å². The molecule has 25 heavy (non-hydrogen) atoms. The number of aliphatic hydroxyl groups excluding tert-OH is 1. The number of alkyl halides is 5. The molecule has 2 atom stereocenters. The van der Waals surface area contributed by atoms with Gasteiger partial charge in [-0.15, -0.1) is 13.2 Å². The Kier molecular flexibility index (Phi) is 5.55. The van der Waals surface area contributed by atoms with Crippen LogP contribution < -0.4 is 10.1 Å². The molecule has 0 radical (unpaired) electrons. The van der Waals surface area contributed by atoms with Crippen molar-refractivity contribution in [3.05, 3.63) is 29.8 Å². The van der Waals surface area contributed by atoms with Crippen LogP contribution in [0.5, 0.6) is 5.75 Å². The van der Waals surface area contributed by atoms with E-state index < -0.39 is 54.8 Å². The summed E-state index contributed by atoms with van der Waals surface area (Å²) in [4.78, 5) is 11.9. The number of halogens is 5. The normalized spacial score (nSPS) is 19.6. The van der Waals surface area contributed by atoms with Gasteiger partial charge in [-0.05, 0) is 30.5 Å². The molecule has 1 aromatic carbocycles. The van der Waals surface area contributed by atoms with E-state index in [2.05, 4.69) is 10.1 Å². The molecule has 0 aromatic heterocycles. The predicted molar refractivity (Wildman–Crippen MR) is 78.0 cm³/mol. The Morgan fingerprint density at radius 3 is 2.60 bits per heavy atom. The second-order valence-electron chi connectivity index (χ2n) is 6.21. The van der Waals surface area contributed by atoms with Crippen LogP contribution in [0.15, 0.2) is 24.3 Å². The Labute approximate surface area is 141 Å². The average Bonchev–Trinajstić information content (AvgIpc) is 2.42. The van der Waals surface area contributed by atoms with E-state index in [4.69, 9.17) is 0 Å². The number of hydrogen-bond donors (Lipinski definition) is 2. The van der Waals surface area contributed by atoms with Gasteiger partial charge in [0.05, 0.1) is 18.6 Å². The zero-order chi connectivity index (χ0) is 18.8. The summed E-state index contributed by atoms with van der Waals surface area (Å²) in [5.41, 5.74) is 0.375. The average molecular weight is 367 g/mol. The first kappa shape index (κ1) is 19.4. The number of amides is 1. The van der Waals surface area contributed by atoms with Gasteiger partial charge in [0.15, 0.2) is 0 Å². The van der Waals surface area contributed by atoms with E-state index in [9.17, 15) is 31.9 Å². The molecule has 1 aromatic rings. The Bertz CT molecular complexity index is 612. The lowest BCUT2D eigenvalue weighted by atomic mass is 9.76. The number of aliphatic hydroxyl groups is 1. The van der Waals surface area contributed by atoms with Gasteiger partial charge in [0.1, 0.15) is 5.75 Å². The van der Waals surface area contributed by atoms with Crippen LogP contribution in [-0.4, -0.2) is 29.4 Å². The highest BCUT2D eigenvalue weighted by Gasteiger charge is 2.48. The molecular formula is C16H18F5NO3. The van der Waals surface area contributed by atoms with Crippen LogP contribution in [-0.2, 0) is 4.79 Å². The van der Waals surface area contributed by atoms with E-state index >= 15 is 0 Å². The topological polar surface area (TPSA) is 58.6 Å². The molecule has 1 amide bonds. The molecule has 9 heteroatoms. The standard InChI is InChI=1S/C16H18F5NO3/c1-9(10-3-2-4-12(5-10)25-16(19,20)21)22-14(24)6-13(23)11-7-15(17,18)8-11/h2-5,9,11,13,23H,6-8H2,1H3,(H,22,24)/t9-,13+/m0/s1. The van der Waals surface area contributed by atoms with Crippen molar-refractivity contribution in [2.45, 2.75) is 50.6 Å². The summed E-state index contributed by atoms with van der Waals surface area (Å²) in [6.45, 7) is 1.55. The summed E-state index contributed by atoms with van der Waals surface area (Å²) in [7, 11) is 0. The maximum absolute atomic E-state index is 12.8. The first-order valence-electron chi connectivity index (χ1n) is 7.66. The van der Waals surface area contributed by atoms with E-state index in [-0.39, 0.29) is 6.42 Å². The third-order valence-electron chi connectivity index (χ3n) is 4.03. The van der Waals surface area contributed by atoms with E-state index in [1.54, 1.807) is 6.92 Å². The predicted octanol–water partition coefficient (Wildman–Crippen LogP) is 3.56. The Balaban J connectivity index is 1.87. The molecule has 1 aliphatic rings. The van der Waals surface area contributed by atoms with Crippen LogP contribution >= 0.6 is 0 Å². The van der Waals surface area contributed by atoms with Gasteiger partial charge in [0, 0.05) is 12.8 Å². The van der Waals surface area contributed by atoms with Crippen molar-refractivity contribution in [3.63, 3.8) is 0 Å². The molecule has 2 rings (SSSR count). The molecule has 1 fully saturated rings. The molecule has 0 saturated heterocycles. The summed E-state index contributed by atoms with van der Waals surface area (Å²) >= 11 is 0. The maximum atomic E-state index is 12.8. The van der Waals surface area contributed by atoms with Crippen LogP contribution in [0.3, 0.4) is 0 Å². The fraction of sp³-hybridized carbons (Fsp3) is 0.562. The Morgan fingerprint density at radius 1 is 1.40 bits per heavy atom. The minimum Gasteiger partial charge on any atom is -0.406 e. The SMILES string of the molecule is C[C@H](NC(=O)C[C@@H](O)C1CC(F)(F)C1)c1cccc(OC(F)(F)F)c1. The number of hydrogen-bond acceptors (Lipinski definition) is 3. The Morgan fingerprint density at radius 2 is 2.04 bits per heavy atom. The molecule has 4 nitrogen and oxygen atoms in total. The summed E-state index contributed by atoms with van der Waals surface area (Å²) in [5, 5.41) is 12.3. The quantitative estimate of drug-likeness (QED) is 0.756. The van der Waals surface area contributed by atoms with Crippen molar-refractivity contribution < 1.29 is 36.6 Å². The number of ether oxygens (including phenoxy) is 1. The van der Waals surface area contributed by atoms with Gasteiger partial charge in [0.2, 0.25) is 11.8 Å². The van der Waals surface area contributed by atoms with Crippen LogP contribution in [0.1, 0.15) is 37.8 Å². The highest BCUT2D eigenvalue weighted by Crippen LogP contribution is 2.44. The largest absolute Gasteiger partial charge is 0.573 e. The van der Waals surface area contributed by atoms with Gasteiger partial charge in [0.25, 0.3) is 0 Å². The third-order valence-corrected chi connectivity index (χ3v) is 4.03. The van der Waals surface area contributed by atoms with Crippen molar-refractivity contribution >= 4 is 5.91 Å². The molecule has 2 N–H and O–H groups in total. The van der Waals surface area contributed by atoms with Gasteiger partial charge in [-0.2, -0.15) is 0 Å². The number of benzene rings is 1. The fourth-order valence-electron chi connectivity index (χ4n) is 2.70. The van der Waals surface area contributed by atoms with Gasteiger partial charge in [-0.1, -0.05) is 12.1 Å². The van der Waals surface area contributed by atoms with E-state index in [0.717, 1.165) is 12.1 Å². The number of nitrogens with one attached hydrogen (secondary N) is 1. The van der Waals surface area contributed by atoms with Gasteiger partial charge >= 0.3 is 6.36 Å². The number of carbonyl (C=O) groups excluding carboxylic acids is 1. The fourth-order valence-corrected chi connectivity index (χ4v) is 2.70. The molecular weight excluding hydrogens is 349 g/mol. The summed E-state index contributed by atoms with van der Waals surface area (Å²) < 4.78 is 66.0. The van der Waals surface area contributed by atoms with Crippen LogP contribution in [0, 0.1) is 5.92 Å². The first-order valence-corrected chi connectivity index (χ1v) is 7.66. The lowest BCUT2D eigenvalue weighted by Crippen LogP contribution is -2.44. The summed E-state index contributed by atoms with van der Waals surface area (Å²) in [6, 6.07) is 4.49. The summed E-state index contributed by atoms with van der Waals surface area (Å²) in [6.07, 6.45) is -7.24. The van der Waals surface area contributed by atoms with Crippen molar-refractivity contribution in [3.8, 4) is 5.75 Å². The zero-order valence-corrected chi connectivity index (χ0v) is 13.3. The van der Waals surface area contributed by atoms with E-state index in [0.29, 0.717) is 5.56 Å². The molecule has 1 aliphatic carbocycles. The molecule has 0 heterocycles. The minimum atomic E-state index is -4.82. The van der Waals surface area contributed by atoms with E-state index in [1.165, 1.54) is 12.1 Å². The van der Waals surface area contributed by atoms with E-state index in [1.807, 2.05) is 0 Å². The van der Waals surface area contributed by atoms with Gasteiger partial charge < -0.3 is 15.2 Å². The van der Waals surface area contributed by atoms with Gasteiger partial charge in [-0.25, -0.2) is 8.78 Å². The second kappa shape index (κ2) is 7.15. The Hall–Kier alpha value is -1.90. The lowest BCUT2D eigenvalue weighted by molar-refractivity contribution is -0.274. The van der Waals surface area contributed by atoms with Gasteiger partial charge in [-0.3, -0.25) is 4.79 Å².